The van der Waals surface area contributed by atoms with Gasteiger partial charge in [-0.2, -0.15) is 5.10 Å². The predicted octanol–water partition coefficient (Wildman–Crippen LogP) is 3.88. The number of nitrogens with zero attached hydrogens (tertiary/aromatic N) is 2. The lowest BCUT2D eigenvalue weighted by Crippen LogP contribution is -2.01. The first-order chi connectivity index (χ1) is 10.2. The van der Waals surface area contributed by atoms with Gasteiger partial charge in [0.05, 0.1) is 12.3 Å². The summed E-state index contributed by atoms with van der Waals surface area (Å²) in [6.07, 6.45) is 0. The second-order valence-electron chi connectivity index (χ2n) is 4.40. The van der Waals surface area contributed by atoms with Crippen molar-refractivity contribution in [3.8, 4) is 22.9 Å². The minimum absolute atomic E-state index is 0.543. The van der Waals surface area contributed by atoms with Crippen molar-refractivity contribution in [3.05, 3.63) is 47.1 Å². The summed E-state index contributed by atoms with van der Waals surface area (Å²) < 4.78 is 13.2. The molecular formula is C15H14BrN3O2. The maximum Gasteiger partial charge on any atom is 0.169 e. The van der Waals surface area contributed by atoms with Gasteiger partial charge in [-0.3, -0.25) is 0 Å². The van der Waals surface area contributed by atoms with Gasteiger partial charge in [-0.25, -0.2) is 4.68 Å². The predicted molar refractivity (Wildman–Crippen MR) is 84.5 cm³/mol. The standard InChI is InChI=1S/C15H14BrN3O2/c1-2-20-11-5-3-10(4-6-11)19-15(17)9-12(18-19)13-7-8-14(16)21-13/h3-9H,2,17H2,1H3. The van der Waals surface area contributed by atoms with Crippen LogP contribution in [0.5, 0.6) is 5.75 Å². The minimum Gasteiger partial charge on any atom is -0.494 e. The third-order valence-electron chi connectivity index (χ3n) is 2.95. The van der Waals surface area contributed by atoms with Crippen LogP contribution in [0.3, 0.4) is 0 Å². The Labute approximate surface area is 130 Å². The Morgan fingerprint density at radius 1 is 1.24 bits per heavy atom. The smallest absolute Gasteiger partial charge is 0.169 e. The van der Waals surface area contributed by atoms with E-state index >= 15 is 0 Å². The Balaban J connectivity index is 1.93. The van der Waals surface area contributed by atoms with Gasteiger partial charge in [-0.1, -0.05) is 0 Å². The molecule has 2 aromatic heterocycles. The molecule has 0 unspecified atom stereocenters. The number of anilines is 1. The lowest BCUT2D eigenvalue weighted by atomic mass is 10.3. The van der Waals surface area contributed by atoms with Crippen LogP contribution in [0, 0.1) is 0 Å². The maximum absolute atomic E-state index is 6.03. The number of nitrogens with two attached hydrogens (primary N) is 1. The first kappa shape index (κ1) is 13.8. The van der Waals surface area contributed by atoms with Crippen LogP contribution in [-0.2, 0) is 0 Å². The van der Waals surface area contributed by atoms with E-state index in [2.05, 4.69) is 21.0 Å². The molecule has 6 heteroatoms. The monoisotopic (exact) mass is 347 g/mol. The number of halogens is 1. The highest BCUT2D eigenvalue weighted by Gasteiger charge is 2.11. The summed E-state index contributed by atoms with van der Waals surface area (Å²) in [5, 5.41) is 4.48. The van der Waals surface area contributed by atoms with Crippen LogP contribution >= 0.6 is 15.9 Å². The van der Waals surface area contributed by atoms with E-state index in [-0.39, 0.29) is 0 Å². The Morgan fingerprint density at radius 3 is 2.62 bits per heavy atom. The molecule has 108 valence electrons. The summed E-state index contributed by atoms with van der Waals surface area (Å²) in [5.74, 6) is 2.03. The topological polar surface area (TPSA) is 66.2 Å². The van der Waals surface area contributed by atoms with Crippen molar-refractivity contribution >= 4 is 21.7 Å². The molecule has 0 fully saturated rings. The summed E-state index contributed by atoms with van der Waals surface area (Å²) in [7, 11) is 0. The molecule has 3 aromatic rings. The number of aromatic nitrogens is 2. The molecule has 0 aliphatic rings. The van der Waals surface area contributed by atoms with Crippen LogP contribution in [0.25, 0.3) is 17.1 Å². The fourth-order valence-corrected chi connectivity index (χ4v) is 2.33. The molecule has 1 aromatic carbocycles. The lowest BCUT2D eigenvalue weighted by molar-refractivity contribution is 0.340. The van der Waals surface area contributed by atoms with E-state index < -0.39 is 0 Å². The van der Waals surface area contributed by atoms with Crippen molar-refractivity contribution in [2.45, 2.75) is 6.92 Å². The summed E-state index contributed by atoms with van der Waals surface area (Å²) >= 11 is 3.28. The van der Waals surface area contributed by atoms with Gasteiger partial charge in [-0.05, 0) is 59.3 Å². The molecule has 0 spiro atoms. The Morgan fingerprint density at radius 2 is 2.00 bits per heavy atom. The molecule has 2 N–H and O–H groups in total. The van der Waals surface area contributed by atoms with Gasteiger partial charge in [0, 0.05) is 6.07 Å². The lowest BCUT2D eigenvalue weighted by Gasteiger charge is -2.06. The van der Waals surface area contributed by atoms with E-state index in [4.69, 9.17) is 14.9 Å². The second-order valence-corrected chi connectivity index (χ2v) is 5.18. The van der Waals surface area contributed by atoms with E-state index in [0.717, 1.165) is 11.4 Å². The van der Waals surface area contributed by atoms with E-state index in [0.29, 0.717) is 28.5 Å². The first-order valence-corrected chi connectivity index (χ1v) is 7.31. The van der Waals surface area contributed by atoms with Gasteiger partial charge in [0.1, 0.15) is 17.3 Å². The molecule has 21 heavy (non-hydrogen) atoms. The van der Waals surface area contributed by atoms with E-state index in [1.165, 1.54) is 0 Å². The summed E-state index contributed by atoms with van der Waals surface area (Å²) in [6.45, 7) is 2.59. The van der Waals surface area contributed by atoms with Crippen LogP contribution in [0.4, 0.5) is 5.82 Å². The molecule has 5 nitrogen and oxygen atoms in total. The van der Waals surface area contributed by atoms with Crippen LogP contribution < -0.4 is 10.5 Å². The number of nitrogen functional groups attached to an aromatic ring is 1. The van der Waals surface area contributed by atoms with Crippen molar-refractivity contribution < 1.29 is 9.15 Å². The van der Waals surface area contributed by atoms with Gasteiger partial charge in [0.25, 0.3) is 0 Å². The number of hydrogen-bond donors (Lipinski definition) is 1. The number of furan rings is 1. The summed E-state index contributed by atoms with van der Waals surface area (Å²) in [5.41, 5.74) is 7.59. The van der Waals surface area contributed by atoms with Gasteiger partial charge in [-0.15, -0.1) is 0 Å². The van der Waals surface area contributed by atoms with Crippen molar-refractivity contribution in [1.82, 2.24) is 9.78 Å². The molecule has 0 radical (unpaired) electrons. The maximum atomic E-state index is 6.03. The zero-order valence-corrected chi connectivity index (χ0v) is 13.0. The zero-order chi connectivity index (χ0) is 14.8. The van der Waals surface area contributed by atoms with Gasteiger partial charge < -0.3 is 14.9 Å². The van der Waals surface area contributed by atoms with E-state index in [1.54, 1.807) is 10.7 Å². The van der Waals surface area contributed by atoms with Crippen LogP contribution in [0.1, 0.15) is 6.92 Å². The summed E-state index contributed by atoms with van der Waals surface area (Å²) in [6, 6.07) is 13.1. The third-order valence-corrected chi connectivity index (χ3v) is 3.38. The molecule has 0 amide bonds. The zero-order valence-electron chi connectivity index (χ0n) is 11.4. The van der Waals surface area contributed by atoms with Crippen LogP contribution in [-0.4, -0.2) is 16.4 Å². The molecule has 0 aliphatic carbocycles. The highest BCUT2D eigenvalue weighted by Crippen LogP contribution is 2.27. The molecular weight excluding hydrogens is 334 g/mol. The minimum atomic E-state index is 0.543. The second kappa shape index (κ2) is 5.65. The molecule has 0 aliphatic heterocycles. The fraction of sp³-hybridized carbons (Fsp3) is 0.133. The molecule has 0 bridgehead atoms. The molecule has 0 saturated heterocycles. The van der Waals surface area contributed by atoms with Crippen molar-refractivity contribution in [1.29, 1.82) is 0 Å². The average Bonchev–Trinajstić information content (AvgIpc) is 3.06. The third kappa shape index (κ3) is 2.80. The normalized spacial score (nSPS) is 10.8. The van der Waals surface area contributed by atoms with Crippen LogP contribution in [0.15, 0.2) is 51.6 Å². The van der Waals surface area contributed by atoms with Gasteiger partial charge in [0.2, 0.25) is 0 Å². The largest absolute Gasteiger partial charge is 0.494 e. The molecule has 2 heterocycles. The SMILES string of the molecule is CCOc1ccc(-n2nc(-c3ccc(Br)o3)cc2N)cc1. The molecule has 0 saturated carbocycles. The number of hydrogen-bond acceptors (Lipinski definition) is 4. The van der Waals surface area contributed by atoms with E-state index in [9.17, 15) is 0 Å². The van der Waals surface area contributed by atoms with Crippen molar-refractivity contribution in [2.24, 2.45) is 0 Å². The van der Waals surface area contributed by atoms with Crippen LogP contribution in [0.2, 0.25) is 0 Å². The molecule has 0 atom stereocenters. The van der Waals surface area contributed by atoms with E-state index in [1.807, 2.05) is 43.3 Å². The van der Waals surface area contributed by atoms with Gasteiger partial charge >= 0.3 is 0 Å². The number of ether oxygens (including phenoxy) is 1. The first-order valence-electron chi connectivity index (χ1n) is 6.52. The summed E-state index contributed by atoms with van der Waals surface area (Å²) in [4.78, 5) is 0. The molecule has 3 rings (SSSR count). The Bertz CT molecular complexity index is 747. The Kier molecular flexibility index (Phi) is 3.70. The highest BCUT2D eigenvalue weighted by molar-refractivity contribution is 9.10. The van der Waals surface area contributed by atoms with Crippen molar-refractivity contribution in [2.75, 3.05) is 12.3 Å². The fourth-order valence-electron chi connectivity index (χ4n) is 2.02. The van der Waals surface area contributed by atoms with Gasteiger partial charge in [0.15, 0.2) is 10.4 Å². The highest BCUT2D eigenvalue weighted by atomic mass is 79.9. The Hall–Kier alpha value is -2.21. The average molecular weight is 348 g/mol. The van der Waals surface area contributed by atoms with Crippen molar-refractivity contribution in [3.63, 3.8) is 0 Å². The quantitative estimate of drug-likeness (QED) is 0.777. The number of rotatable bonds is 4. The number of benzene rings is 1.